The maximum absolute atomic E-state index is 13.6. The standard InChI is InChI=1S/C33H28N2O2S/c1-23-7-6-8-25(19-23)21-35-29-11-4-5-12-30(29)38-31(33(35)37)20-24-13-15-27(16-14-24)32(36)34-18-17-26-9-2-3-10-28(26)22-34/h2-16,19-20H,17-18,21-22H2,1H3. The molecule has 2 aliphatic heterocycles. The number of carbonyl (C=O) groups excluding carboxylic acids is 2. The molecule has 6 rings (SSSR count). The Hall–Kier alpha value is -4.09. The molecule has 0 unspecified atom stereocenters. The van der Waals surface area contributed by atoms with Crippen LogP contribution in [0.2, 0.25) is 0 Å². The van der Waals surface area contributed by atoms with Crippen LogP contribution in [0.5, 0.6) is 0 Å². The number of rotatable bonds is 4. The molecule has 4 nitrogen and oxygen atoms in total. The third-order valence-electron chi connectivity index (χ3n) is 7.13. The molecule has 2 heterocycles. The fraction of sp³-hybridized carbons (Fsp3) is 0.152. The van der Waals surface area contributed by atoms with E-state index in [9.17, 15) is 9.59 Å². The van der Waals surface area contributed by atoms with Crippen molar-refractivity contribution in [2.45, 2.75) is 31.3 Å². The summed E-state index contributed by atoms with van der Waals surface area (Å²) in [5.41, 5.74) is 7.32. The van der Waals surface area contributed by atoms with E-state index in [0.717, 1.165) is 34.7 Å². The second kappa shape index (κ2) is 10.3. The van der Waals surface area contributed by atoms with Gasteiger partial charge in [-0.05, 0) is 65.9 Å². The molecule has 2 aliphatic rings. The van der Waals surface area contributed by atoms with E-state index in [1.54, 1.807) is 0 Å². The van der Waals surface area contributed by atoms with E-state index in [1.165, 1.54) is 28.5 Å². The highest BCUT2D eigenvalue weighted by Crippen LogP contribution is 2.42. The number of anilines is 1. The van der Waals surface area contributed by atoms with Crippen LogP contribution in [0.25, 0.3) is 6.08 Å². The number of fused-ring (bicyclic) bond motifs is 2. The van der Waals surface area contributed by atoms with Gasteiger partial charge in [0, 0.05) is 23.5 Å². The summed E-state index contributed by atoms with van der Waals surface area (Å²) in [5, 5.41) is 0. The zero-order valence-corrected chi connectivity index (χ0v) is 22.1. The van der Waals surface area contributed by atoms with Gasteiger partial charge in [0.1, 0.15) is 0 Å². The first-order valence-corrected chi connectivity index (χ1v) is 13.7. The van der Waals surface area contributed by atoms with E-state index in [1.807, 2.05) is 70.5 Å². The van der Waals surface area contributed by atoms with Crippen molar-refractivity contribution in [3.05, 3.63) is 135 Å². The molecule has 0 aromatic heterocycles. The first-order chi connectivity index (χ1) is 18.5. The lowest BCUT2D eigenvalue weighted by atomic mass is 9.99. The minimum Gasteiger partial charge on any atom is -0.334 e. The number of nitrogens with zero attached hydrogens (tertiary/aromatic N) is 2. The van der Waals surface area contributed by atoms with Crippen LogP contribution in [0.1, 0.15) is 38.2 Å². The van der Waals surface area contributed by atoms with E-state index in [4.69, 9.17) is 0 Å². The van der Waals surface area contributed by atoms with Crippen molar-refractivity contribution in [1.82, 2.24) is 4.90 Å². The average molecular weight is 517 g/mol. The van der Waals surface area contributed by atoms with E-state index in [2.05, 4.69) is 49.4 Å². The highest BCUT2D eigenvalue weighted by Gasteiger charge is 2.29. The van der Waals surface area contributed by atoms with Crippen LogP contribution < -0.4 is 4.90 Å². The van der Waals surface area contributed by atoms with Crippen LogP contribution in [-0.2, 0) is 24.3 Å². The number of benzene rings is 4. The highest BCUT2D eigenvalue weighted by molar-refractivity contribution is 8.04. The zero-order valence-electron chi connectivity index (χ0n) is 21.3. The maximum Gasteiger partial charge on any atom is 0.265 e. The lowest BCUT2D eigenvalue weighted by Crippen LogP contribution is -2.35. The van der Waals surface area contributed by atoms with Gasteiger partial charge in [0.05, 0.1) is 17.1 Å². The summed E-state index contributed by atoms with van der Waals surface area (Å²) in [6.45, 7) is 3.95. The van der Waals surface area contributed by atoms with Gasteiger partial charge in [-0.3, -0.25) is 9.59 Å². The molecule has 0 N–H and O–H groups in total. The molecular formula is C33H28N2O2S. The summed E-state index contributed by atoms with van der Waals surface area (Å²) >= 11 is 1.50. The van der Waals surface area contributed by atoms with Crippen LogP contribution >= 0.6 is 11.8 Å². The summed E-state index contributed by atoms with van der Waals surface area (Å²) in [6.07, 6.45) is 2.81. The third-order valence-corrected chi connectivity index (χ3v) is 8.21. The zero-order chi connectivity index (χ0) is 26.1. The summed E-state index contributed by atoms with van der Waals surface area (Å²) in [4.78, 5) is 32.3. The van der Waals surface area contributed by atoms with Crippen molar-refractivity contribution in [1.29, 1.82) is 0 Å². The fourth-order valence-corrected chi connectivity index (χ4v) is 6.20. The van der Waals surface area contributed by atoms with Crippen molar-refractivity contribution in [3.8, 4) is 0 Å². The number of carbonyl (C=O) groups is 2. The van der Waals surface area contributed by atoms with Crippen molar-refractivity contribution in [3.63, 3.8) is 0 Å². The van der Waals surface area contributed by atoms with Gasteiger partial charge in [0.25, 0.3) is 11.8 Å². The van der Waals surface area contributed by atoms with Crippen molar-refractivity contribution in [2.24, 2.45) is 0 Å². The molecule has 38 heavy (non-hydrogen) atoms. The Kier molecular flexibility index (Phi) is 6.61. The minimum atomic E-state index is -0.0117. The van der Waals surface area contributed by atoms with Crippen molar-refractivity contribution in [2.75, 3.05) is 11.4 Å². The van der Waals surface area contributed by atoms with Crippen molar-refractivity contribution < 1.29 is 9.59 Å². The van der Waals surface area contributed by atoms with Crippen LogP contribution in [-0.4, -0.2) is 23.3 Å². The van der Waals surface area contributed by atoms with Gasteiger partial charge >= 0.3 is 0 Å². The van der Waals surface area contributed by atoms with Crippen LogP contribution in [0.3, 0.4) is 0 Å². The Labute approximate surface area is 227 Å². The molecule has 4 aromatic rings. The van der Waals surface area contributed by atoms with Gasteiger partial charge in [0.2, 0.25) is 0 Å². The lowest BCUT2D eigenvalue weighted by molar-refractivity contribution is -0.114. The van der Waals surface area contributed by atoms with Gasteiger partial charge in [-0.1, -0.05) is 90.1 Å². The number of hydrogen-bond acceptors (Lipinski definition) is 3. The molecule has 4 aromatic carbocycles. The number of amides is 2. The first-order valence-electron chi connectivity index (χ1n) is 12.9. The third kappa shape index (κ3) is 4.90. The van der Waals surface area contributed by atoms with E-state index < -0.39 is 0 Å². The Morgan fingerprint density at radius 1 is 0.895 bits per heavy atom. The summed E-state index contributed by atoms with van der Waals surface area (Å²) in [5.74, 6) is 0.0300. The maximum atomic E-state index is 13.6. The summed E-state index contributed by atoms with van der Waals surface area (Å²) in [6, 6.07) is 32.2. The van der Waals surface area contributed by atoms with E-state index >= 15 is 0 Å². The molecule has 0 bridgehead atoms. The van der Waals surface area contributed by atoms with E-state index in [0.29, 0.717) is 23.6 Å². The molecule has 0 radical (unpaired) electrons. The average Bonchev–Trinajstić information content (AvgIpc) is 2.95. The molecule has 0 aliphatic carbocycles. The first kappa shape index (κ1) is 24.3. The van der Waals surface area contributed by atoms with Crippen LogP contribution in [0, 0.1) is 6.92 Å². The smallest absolute Gasteiger partial charge is 0.265 e. The molecule has 5 heteroatoms. The number of thioether (sulfide) groups is 1. The second-order valence-electron chi connectivity index (χ2n) is 9.83. The predicted octanol–water partition coefficient (Wildman–Crippen LogP) is 6.87. The number of aryl methyl sites for hydroxylation is 1. The predicted molar refractivity (Wildman–Crippen MR) is 154 cm³/mol. The van der Waals surface area contributed by atoms with E-state index in [-0.39, 0.29) is 11.8 Å². The Morgan fingerprint density at radius 2 is 1.66 bits per heavy atom. The summed E-state index contributed by atoms with van der Waals surface area (Å²) in [7, 11) is 0. The molecule has 0 atom stereocenters. The number of hydrogen-bond donors (Lipinski definition) is 0. The van der Waals surface area contributed by atoms with Crippen LogP contribution in [0.15, 0.2) is 107 Å². The van der Waals surface area contributed by atoms with Crippen molar-refractivity contribution >= 4 is 35.3 Å². The number of para-hydroxylation sites is 1. The van der Waals surface area contributed by atoms with Gasteiger partial charge in [-0.25, -0.2) is 0 Å². The minimum absolute atomic E-state index is 0.0117. The SMILES string of the molecule is Cc1cccc(CN2C(=O)C(=Cc3ccc(C(=O)N4CCc5ccccc5C4)cc3)Sc3ccccc32)c1. The molecule has 0 fully saturated rings. The summed E-state index contributed by atoms with van der Waals surface area (Å²) < 4.78 is 0. The topological polar surface area (TPSA) is 40.6 Å². The monoisotopic (exact) mass is 516 g/mol. The molecule has 0 spiro atoms. The molecule has 2 amide bonds. The van der Waals surface area contributed by atoms with Crippen LogP contribution in [0.4, 0.5) is 5.69 Å². The lowest BCUT2D eigenvalue weighted by Gasteiger charge is -2.30. The molecule has 0 saturated heterocycles. The highest BCUT2D eigenvalue weighted by atomic mass is 32.2. The van der Waals surface area contributed by atoms with Gasteiger partial charge in [-0.2, -0.15) is 0 Å². The van der Waals surface area contributed by atoms with Gasteiger partial charge in [0.15, 0.2) is 0 Å². The molecule has 188 valence electrons. The Morgan fingerprint density at radius 3 is 2.47 bits per heavy atom. The van der Waals surface area contributed by atoms with Gasteiger partial charge in [-0.15, -0.1) is 0 Å². The molecular weight excluding hydrogens is 488 g/mol. The molecule has 0 saturated carbocycles. The fourth-order valence-electron chi connectivity index (χ4n) is 5.14. The Bertz CT molecular complexity index is 1560. The van der Waals surface area contributed by atoms with Gasteiger partial charge < -0.3 is 9.80 Å². The Balaban J connectivity index is 1.23. The largest absolute Gasteiger partial charge is 0.334 e. The normalized spacial score (nSPS) is 15.8. The quantitative estimate of drug-likeness (QED) is 0.278. The second-order valence-corrected chi connectivity index (χ2v) is 10.9.